The van der Waals surface area contributed by atoms with Gasteiger partial charge in [0.15, 0.2) is 0 Å². The molecule has 39 heavy (non-hydrogen) atoms. The first-order valence-electron chi connectivity index (χ1n) is 13.1. The van der Waals surface area contributed by atoms with Crippen molar-refractivity contribution in [1.82, 2.24) is 14.5 Å². The zero-order valence-electron chi connectivity index (χ0n) is 21.5. The summed E-state index contributed by atoms with van der Waals surface area (Å²) in [7, 11) is -3.92. The summed E-state index contributed by atoms with van der Waals surface area (Å²) in [6, 6.07) is 10.8. The quantitative estimate of drug-likeness (QED) is 0.371. The minimum absolute atomic E-state index is 0.0565. The topological polar surface area (TPSA) is 90.7 Å². The minimum Gasteiger partial charge on any atom is -0.376 e. The molecule has 0 aliphatic carbocycles. The number of hydrogen-bond acceptors (Lipinski definition) is 6. The minimum atomic E-state index is -3.92. The van der Waals surface area contributed by atoms with Gasteiger partial charge < -0.3 is 18.9 Å². The summed E-state index contributed by atoms with van der Waals surface area (Å²) >= 11 is 0. The van der Waals surface area contributed by atoms with Crippen molar-refractivity contribution in [3.05, 3.63) is 83.2 Å². The van der Waals surface area contributed by atoms with Crippen molar-refractivity contribution < 1.29 is 31.5 Å². The van der Waals surface area contributed by atoms with Crippen molar-refractivity contribution in [2.75, 3.05) is 19.8 Å². The van der Waals surface area contributed by atoms with Crippen LogP contribution in [0.2, 0.25) is 0 Å². The number of benzene rings is 2. The average molecular weight is 560 g/mol. The van der Waals surface area contributed by atoms with Gasteiger partial charge in [-0.05, 0) is 61.6 Å². The average Bonchev–Trinajstić information content (AvgIpc) is 3.69. The molecule has 2 aromatic carbocycles. The predicted molar refractivity (Wildman–Crippen MR) is 139 cm³/mol. The Balaban J connectivity index is 1.47. The van der Waals surface area contributed by atoms with Gasteiger partial charge in [0.1, 0.15) is 11.6 Å². The van der Waals surface area contributed by atoms with Crippen molar-refractivity contribution in [3.8, 4) is 0 Å². The molecule has 3 heterocycles. The van der Waals surface area contributed by atoms with E-state index in [1.165, 1.54) is 48.7 Å². The summed E-state index contributed by atoms with van der Waals surface area (Å²) in [6.07, 6.45) is 4.43. The fraction of sp³-hybridized carbons (Fsp3) is 0.429. The van der Waals surface area contributed by atoms with Crippen molar-refractivity contribution in [2.24, 2.45) is 0 Å². The smallest absolute Gasteiger partial charge is 0.254 e. The third-order valence-corrected chi connectivity index (χ3v) is 8.62. The highest BCUT2D eigenvalue weighted by molar-refractivity contribution is 7.90. The van der Waals surface area contributed by atoms with Gasteiger partial charge in [-0.15, -0.1) is 0 Å². The second kappa shape index (κ2) is 11.9. The van der Waals surface area contributed by atoms with Crippen molar-refractivity contribution >= 4 is 15.7 Å². The molecule has 1 aromatic heterocycles. The molecule has 0 bridgehead atoms. The molecule has 5 rings (SSSR count). The Bertz CT molecular complexity index is 1400. The number of rotatable bonds is 10. The SMILES string of the molecule is O=C(c1cccc(F)c1)N(Cc1cnc(S(=O)(=O)Cc2ccc(F)cc2)n1CC1CCCO1)CC1CCCO1. The van der Waals surface area contributed by atoms with Crippen LogP contribution in [0, 0.1) is 11.6 Å². The van der Waals surface area contributed by atoms with Crippen molar-refractivity contribution in [1.29, 1.82) is 0 Å². The standard InChI is InChI=1S/C28H31F2N3O5S/c29-22-10-8-20(9-11-22)19-39(35,36)28-31-15-24(33(28)18-26-7-3-13-38-26)16-32(17-25-6-2-12-37-25)27(34)21-4-1-5-23(30)14-21/h1,4-5,8-11,14-15,25-26H,2-3,6-7,12-13,16-19H2. The van der Waals surface area contributed by atoms with Gasteiger partial charge >= 0.3 is 0 Å². The molecule has 0 spiro atoms. The number of hydrogen-bond donors (Lipinski definition) is 0. The van der Waals surface area contributed by atoms with E-state index in [2.05, 4.69) is 4.98 Å². The lowest BCUT2D eigenvalue weighted by Crippen LogP contribution is -2.38. The highest BCUT2D eigenvalue weighted by atomic mass is 32.2. The Labute approximate surface area is 226 Å². The number of nitrogens with zero attached hydrogens (tertiary/aromatic N) is 3. The molecule has 2 atom stereocenters. The summed E-state index contributed by atoms with van der Waals surface area (Å²) in [5, 5.41) is -0.132. The van der Waals surface area contributed by atoms with Crippen LogP contribution >= 0.6 is 0 Å². The first kappa shape index (κ1) is 27.4. The van der Waals surface area contributed by atoms with Gasteiger partial charge in [0, 0.05) is 25.3 Å². The number of carbonyl (C=O) groups is 1. The van der Waals surface area contributed by atoms with Crippen LogP contribution in [0.5, 0.6) is 0 Å². The Morgan fingerprint density at radius 1 is 1.00 bits per heavy atom. The van der Waals surface area contributed by atoms with E-state index in [0.29, 0.717) is 24.5 Å². The lowest BCUT2D eigenvalue weighted by atomic mass is 10.1. The van der Waals surface area contributed by atoms with Gasteiger partial charge in [-0.2, -0.15) is 0 Å². The van der Waals surface area contributed by atoms with Gasteiger partial charge in [-0.3, -0.25) is 4.79 Å². The molecule has 2 saturated heterocycles. The van der Waals surface area contributed by atoms with Crippen LogP contribution in [-0.4, -0.2) is 60.7 Å². The third-order valence-electron chi connectivity index (χ3n) is 7.02. The van der Waals surface area contributed by atoms with Gasteiger partial charge in [-0.25, -0.2) is 22.2 Å². The van der Waals surface area contributed by atoms with E-state index in [-0.39, 0.29) is 54.2 Å². The predicted octanol–water partition coefficient (Wildman–Crippen LogP) is 4.14. The van der Waals surface area contributed by atoms with E-state index < -0.39 is 21.5 Å². The number of imidazole rings is 1. The summed E-state index contributed by atoms with van der Waals surface area (Å²) in [6.45, 7) is 1.79. The Morgan fingerprint density at radius 3 is 2.38 bits per heavy atom. The van der Waals surface area contributed by atoms with E-state index in [9.17, 15) is 22.0 Å². The molecule has 11 heteroatoms. The molecular weight excluding hydrogens is 528 g/mol. The van der Waals surface area contributed by atoms with E-state index in [1.807, 2.05) is 0 Å². The first-order valence-corrected chi connectivity index (χ1v) is 14.7. The zero-order chi connectivity index (χ0) is 27.4. The maximum absolute atomic E-state index is 13.9. The molecule has 2 aliphatic rings. The van der Waals surface area contributed by atoms with E-state index in [0.717, 1.165) is 25.7 Å². The highest BCUT2D eigenvalue weighted by Gasteiger charge is 2.30. The molecule has 3 aromatic rings. The molecule has 0 radical (unpaired) electrons. The maximum Gasteiger partial charge on any atom is 0.254 e. The highest BCUT2D eigenvalue weighted by Crippen LogP contribution is 2.24. The van der Waals surface area contributed by atoms with E-state index in [4.69, 9.17) is 9.47 Å². The van der Waals surface area contributed by atoms with Gasteiger partial charge in [0.2, 0.25) is 15.0 Å². The monoisotopic (exact) mass is 559 g/mol. The molecule has 0 N–H and O–H groups in total. The Morgan fingerprint density at radius 2 is 1.72 bits per heavy atom. The largest absolute Gasteiger partial charge is 0.376 e. The molecule has 1 amide bonds. The van der Waals surface area contributed by atoms with Crippen LogP contribution in [0.4, 0.5) is 8.78 Å². The number of halogens is 2. The third kappa shape index (κ3) is 6.71. The van der Waals surface area contributed by atoms with Gasteiger partial charge in [-0.1, -0.05) is 18.2 Å². The molecule has 8 nitrogen and oxygen atoms in total. The number of amides is 1. The summed E-state index contributed by atoms with van der Waals surface area (Å²) < 4.78 is 67.5. The van der Waals surface area contributed by atoms with Crippen molar-refractivity contribution in [3.63, 3.8) is 0 Å². The summed E-state index contributed by atoms with van der Waals surface area (Å²) in [5.41, 5.74) is 1.15. The molecule has 2 unspecified atom stereocenters. The number of ether oxygens (including phenoxy) is 2. The second-order valence-corrected chi connectivity index (χ2v) is 11.9. The number of carbonyl (C=O) groups excluding carboxylic acids is 1. The van der Waals surface area contributed by atoms with Crippen LogP contribution in [0.25, 0.3) is 0 Å². The molecule has 2 aliphatic heterocycles. The van der Waals surface area contributed by atoms with E-state index in [1.54, 1.807) is 15.5 Å². The lowest BCUT2D eigenvalue weighted by Gasteiger charge is -2.26. The Hall–Kier alpha value is -3.15. The fourth-order valence-electron chi connectivity index (χ4n) is 5.07. The van der Waals surface area contributed by atoms with Crippen LogP contribution < -0.4 is 0 Å². The zero-order valence-corrected chi connectivity index (χ0v) is 22.3. The summed E-state index contributed by atoms with van der Waals surface area (Å²) in [4.78, 5) is 19.4. The van der Waals surface area contributed by atoms with Gasteiger partial charge in [0.25, 0.3) is 5.91 Å². The molecular formula is C28H31F2N3O5S. The normalized spacial score (nSPS) is 19.4. The molecule has 2 fully saturated rings. The molecule has 0 saturated carbocycles. The number of sulfone groups is 1. The van der Waals surface area contributed by atoms with Crippen LogP contribution in [0.15, 0.2) is 59.9 Å². The Kier molecular flexibility index (Phi) is 8.39. The van der Waals surface area contributed by atoms with Crippen LogP contribution in [0.1, 0.15) is 47.3 Å². The fourth-order valence-corrected chi connectivity index (χ4v) is 6.57. The lowest BCUT2D eigenvalue weighted by molar-refractivity contribution is 0.0496. The number of aromatic nitrogens is 2. The maximum atomic E-state index is 13.9. The second-order valence-electron chi connectivity index (χ2n) is 9.99. The first-order chi connectivity index (χ1) is 18.8. The van der Waals surface area contributed by atoms with E-state index >= 15 is 0 Å². The molecule has 208 valence electrons. The summed E-state index contributed by atoms with van der Waals surface area (Å²) in [5.74, 6) is -1.70. The van der Waals surface area contributed by atoms with Crippen molar-refractivity contribution in [2.45, 2.75) is 61.9 Å². The van der Waals surface area contributed by atoms with Crippen LogP contribution in [-0.2, 0) is 38.2 Å². The van der Waals surface area contributed by atoms with Gasteiger partial charge in [0.05, 0.1) is 42.9 Å². The van der Waals surface area contributed by atoms with Crippen LogP contribution in [0.3, 0.4) is 0 Å².